The number of benzene rings is 3. The maximum absolute atomic E-state index is 9.94. The first kappa shape index (κ1) is 20.5. The molecule has 0 bridgehead atoms. The number of aliphatic hydroxyl groups is 1. The van der Waals surface area contributed by atoms with E-state index in [-0.39, 0.29) is 5.04 Å². The molecule has 0 aliphatic heterocycles. The fraction of sp³-hybridized carbons (Fsp3) is 0.280. The van der Waals surface area contributed by atoms with Gasteiger partial charge >= 0.3 is 0 Å². The Bertz CT molecular complexity index is 826. The van der Waals surface area contributed by atoms with Gasteiger partial charge in [0.15, 0.2) is 9.76 Å². The Morgan fingerprint density at radius 1 is 0.714 bits per heavy atom. The van der Waals surface area contributed by atoms with Gasteiger partial charge in [-0.25, -0.2) is 0 Å². The van der Waals surface area contributed by atoms with Crippen LogP contribution in [0.2, 0.25) is 5.04 Å². The van der Waals surface area contributed by atoms with Crippen molar-refractivity contribution in [2.75, 3.05) is 0 Å². The van der Waals surface area contributed by atoms with Crippen LogP contribution in [-0.2, 0) is 10.0 Å². The van der Waals surface area contributed by atoms with E-state index in [1.165, 1.54) is 0 Å². The fourth-order valence-electron chi connectivity index (χ4n) is 3.42. The highest BCUT2D eigenvalue weighted by Gasteiger charge is 2.38. The second kappa shape index (κ2) is 8.44. The Labute approximate surface area is 171 Å². The van der Waals surface area contributed by atoms with Crippen molar-refractivity contribution in [3.63, 3.8) is 0 Å². The van der Waals surface area contributed by atoms with Crippen LogP contribution >= 0.6 is 0 Å². The molecule has 3 heteroatoms. The lowest BCUT2D eigenvalue weighted by Gasteiger charge is -2.38. The third-order valence-corrected chi connectivity index (χ3v) is 6.33. The first-order chi connectivity index (χ1) is 13.3. The normalized spacial score (nSPS) is 13.8. The molecule has 1 atom stereocenters. The van der Waals surface area contributed by atoms with Gasteiger partial charge in [0.1, 0.15) is 5.60 Å². The van der Waals surface area contributed by atoms with Gasteiger partial charge in [0.2, 0.25) is 0 Å². The maximum atomic E-state index is 9.94. The van der Waals surface area contributed by atoms with Crippen molar-refractivity contribution in [3.8, 4) is 0 Å². The zero-order chi connectivity index (χ0) is 20.2. The molecule has 3 aromatic carbocycles. The summed E-state index contributed by atoms with van der Waals surface area (Å²) >= 11 is 0. The van der Waals surface area contributed by atoms with Crippen molar-refractivity contribution in [1.82, 2.24) is 0 Å². The molecule has 0 radical (unpaired) electrons. The van der Waals surface area contributed by atoms with Crippen molar-refractivity contribution in [2.45, 2.75) is 44.4 Å². The lowest BCUT2D eigenvalue weighted by atomic mass is 9.80. The van der Waals surface area contributed by atoms with Crippen molar-refractivity contribution >= 4 is 9.76 Å². The summed E-state index contributed by atoms with van der Waals surface area (Å²) in [6.45, 7) is 8.53. The van der Waals surface area contributed by atoms with Gasteiger partial charge in [-0.1, -0.05) is 106 Å². The maximum Gasteiger partial charge on any atom is 0.169 e. The van der Waals surface area contributed by atoms with Crippen molar-refractivity contribution in [1.29, 1.82) is 0 Å². The summed E-state index contributed by atoms with van der Waals surface area (Å²) in [5.41, 5.74) is 3.60. The molecule has 0 saturated carbocycles. The SMILES string of the molecule is CC(O)c1ccc(C(O[SiH2]C(C)(C)C)(c2ccccc2)c2ccccc2)cc1. The van der Waals surface area contributed by atoms with Crippen LogP contribution < -0.4 is 0 Å². The second-order valence-corrected chi connectivity index (χ2v) is 11.3. The molecule has 0 aliphatic carbocycles. The fourth-order valence-corrected chi connectivity index (χ4v) is 4.57. The van der Waals surface area contributed by atoms with Gasteiger partial charge < -0.3 is 9.53 Å². The smallest absolute Gasteiger partial charge is 0.169 e. The molecular formula is C25H30O2Si. The predicted molar refractivity (Wildman–Crippen MR) is 119 cm³/mol. The standard InChI is InChI=1S/C25H30O2Si/c1-19(26)20-15-17-23(18-16-20)25(27-28-24(2,3)4,21-11-7-5-8-12-21)22-13-9-6-10-14-22/h5-19,26H,28H2,1-4H3. The van der Waals surface area contributed by atoms with Gasteiger partial charge in [-0.05, 0) is 34.2 Å². The summed E-state index contributed by atoms with van der Waals surface area (Å²) < 4.78 is 6.93. The summed E-state index contributed by atoms with van der Waals surface area (Å²) in [5, 5.41) is 10.1. The van der Waals surface area contributed by atoms with E-state index < -0.39 is 21.5 Å². The second-order valence-electron chi connectivity index (χ2n) is 8.56. The van der Waals surface area contributed by atoms with E-state index in [1.54, 1.807) is 6.92 Å². The van der Waals surface area contributed by atoms with Crippen LogP contribution in [0.15, 0.2) is 84.9 Å². The average molecular weight is 391 g/mol. The largest absolute Gasteiger partial charge is 0.406 e. The molecule has 0 saturated heterocycles. The van der Waals surface area contributed by atoms with Crippen LogP contribution in [-0.4, -0.2) is 14.9 Å². The molecule has 0 aromatic heterocycles. The van der Waals surface area contributed by atoms with Gasteiger partial charge in [-0.3, -0.25) is 0 Å². The van der Waals surface area contributed by atoms with Crippen LogP contribution in [0, 0.1) is 0 Å². The number of hydrogen-bond donors (Lipinski definition) is 1. The highest BCUT2D eigenvalue weighted by atomic mass is 28.2. The minimum absolute atomic E-state index is 0.161. The van der Waals surface area contributed by atoms with Crippen LogP contribution in [0.1, 0.15) is 56.1 Å². The zero-order valence-electron chi connectivity index (χ0n) is 17.2. The molecule has 3 rings (SSSR count). The molecule has 146 valence electrons. The van der Waals surface area contributed by atoms with E-state index in [0.29, 0.717) is 0 Å². The van der Waals surface area contributed by atoms with E-state index in [9.17, 15) is 5.11 Å². The Kier molecular flexibility index (Phi) is 6.19. The van der Waals surface area contributed by atoms with Gasteiger partial charge in [0.05, 0.1) is 6.10 Å². The molecule has 28 heavy (non-hydrogen) atoms. The van der Waals surface area contributed by atoms with Crippen molar-refractivity contribution < 1.29 is 9.53 Å². The Morgan fingerprint density at radius 3 is 1.54 bits per heavy atom. The first-order valence-corrected chi connectivity index (χ1v) is 11.1. The van der Waals surface area contributed by atoms with Crippen LogP contribution in [0.5, 0.6) is 0 Å². The molecule has 0 heterocycles. The molecule has 2 nitrogen and oxygen atoms in total. The minimum atomic E-state index is -0.861. The highest BCUT2D eigenvalue weighted by Crippen LogP contribution is 2.42. The summed E-state index contributed by atoms with van der Waals surface area (Å²) in [6, 6.07) is 29.1. The lowest BCUT2D eigenvalue weighted by molar-refractivity contribution is 0.156. The molecule has 3 aromatic rings. The molecular weight excluding hydrogens is 360 g/mol. The third-order valence-electron chi connectivity index (χ3n) is 4.88. The van der Waals surface area contributed by atoms with E-state index in [2.05, 4.69) is 81.4 Å². The molecule has 1 unspecified atom stereocenters. The molecule has 0 fully saturated rings. The number of hydrogen-bond acceptors (Lipinski definition) is 2. The summed E-state index contributed by atoms with van der Waals surface area (Å²) in [6.07, 6.45) is -0.484. The van der Waals surface area contributed by atoms with E-state index in [4.69, 9.17) is 4.43 Å². The zero-order valence-corrected chi connectivity index (χ0v) is 18.6. The molecule has 1 N–H and O–H groups in total. The number of rotatable bonds is 6. The van der Waals surface area contributed by atoms with Gasteiger partial charge in [-0.15, -0.1) is 0 Å². The van der Waals surface area contributed by atoms with Crippen LogP contribution in [0.4, 0.5) is 0 Å². The molecule has 0 spiro atoms. The van der Waals surface area contributed by atoms with Crippen LogP contribution in [0.3, 0.4) is 0 Å². The van der Waals surface area contributed by atoms with Gasteiger partial charge in [0, 0.05) is 0 Å². The molecule has 0 amide bonds. The Morgan fingerprint density at radius 2 is 1.14 bits per heavy atom. The van der Waals surface area contributed by atoms with Gasteiger partial charge in [0.25, 0.3) is 0 Å². The highest BCUT2D eigenvalue weighted by molar-refractivity contribution is 6.32. The first-order valence-electron chi connectivity index (χ1n) is 9.86. The van der Waals surface area contributed by atoms with E-state index in [0.717, 1.165) is 22.3 Å². The van der Waals surface area contributed by atoms with Crippen molar-refractivity contribution in [2.24, 2.45) is 0 Å². The van der Waals surface area contributed by atoms with Gasteiger partial charge in [-0.2, -0.15) is 0 Å². The lowest BCUT2D eigenvalue weighted by Crippen LogP contribution is -2.36. The topological polar surface area (TPSA) is 29.5 Å². The quantitative estimate of drug-likeness (QED) is 0.454. The average Bonchev–Trinajstić information content (AvgIpc) is 2.70. The summed E-state index contributed by atoms with van der Waals surface area (Å²) in [7, 11) is -0.861. The van der Waals surface area contributed by atoms with Crippen molar-refractivity contribution in [3.05, 3.63) is 107 Å². The third kappa shape index (κ3) is 4.44. The summed E-state index contributed by atoms with van der Waals surface area (Å²) in [4.78, 5) is 0. The van der Waals surface area contributed by atoms with Crippen LogP contribution in [0.25, 0.3) is 0 Å². The van der Waals surface area contributed by atoms with E-state index in [1.807, 2.05) is 24.3 Å². The predicted octanol–water partition coefficient (Wildman–Crippen LogP) is 5.35. The Hall–Kier alpha value is -2.20. The summed E-state index contributed by atoms with van der Waals surface area (Å²) in [5.74, 6) is 0. The van der Waals surface area contributed by atoms with E-state index >= 15 is 0 Å². The molecule has 0 aliphatic rings. The Balaban J connectivity index is 2.23. The number of aliphatic hydroxyl groups excluding tert-OH is 1. The monoisotopic (exact) mass is 390 g/mol. The minimum Gasteiger partial charge on any atom is -0.406 e.